The van der Waals surface area contributed by atoms with Crippen molar-refractivity contribution in [1.82, 2.24) is 5.32 Å². The average Bonchev–Trinajstić information content (AvgIpc) is 3.18. The van der Waals surface area contributed by atoms with Crippen LogP contribution < -0.4 is 5.32 Å². The molecule has 0 aromatic heterocycles. The molecular weight excluding hydrogens is 422 g/mol. The van der Waals surface area contributed by atoms with Crippen LogP contribution in [0.4, 0.5) is 4.79 Å². The number of hydrogen-bond acceptors (Lipinski definition) is 3. The molecule has 1 N–H and O–H groups in total. The molecule has 2 fully saturated rings. The van der Waals surface area contributed by atoms with Gasteiger partial charge in [-0.15, -0.1) is 0 Å². The molecule has 0 aromatic rings. The van der Waals surface area contributed by atoms with Gasteiger partial charge in [-0.25, -0.2) is 4.79 Å². The van der Waals surface area contributed by atoms with Crippen LogP contribution in [-0.4, -0.2) is 24.3 Å². The van der Waals surface area contributed by atoms with Gasteiger partial charge in [-0.2, -0.15) is 0 Å². The van der Waals surface area contributed by atoms with Crippen molar-refractivity contribution in [3.8, 4) is 0 Å². The van der Waals surface area contributed by atoms with Gasteiger partial charge in [0.15, 0.2) is 0 Å². The SMILES string of the molecule is CCCC(C)(C)[C@H]1CC[C@@]2(C)[C@@H](C[C@@H]3OC(CC[C@H](C)CNC(=O)OC(C)(C)C)=C(C)[C@@H]32)[C@@H]1C. The number of alkyl carbamates (subject to hydrolysis) is 1. The number of rotatable bonds is 8. The number of nitrogens with one attached hydrogen (secondary N) is 1. The highest BCUT2D eigenvalue weighted by molar-refractivity contribution is 5.67. The molecule has 1 aliphatic heterocycles. The molecule has 2 saturated carbocycles. The molecule has 2 aliphatic carbocycles. The predicted molar refractivity (Wildman–Crippen MR) is 140 cm³/mol. The van der Waals surface area contributed by atoms with E-state index in [1.165, 1.54) is 43.4 Å². The summed E-state index contributed by atoms with van der Waals surface area (Å²) in [5.41, 5.74) is 1.87. The lowest BCUT2D eigenvalue weighted by molar-refractivity contribution is -0.0229. The molecule has 3 aliphatic rings. The molecule has 4 nitrogen and oxygen atoms in total. The third-order valence-electron chi connectivity index (χ3n) is 9.63. The van der Waals surface area contributed by atoms with Gasteiger partial charge in [-0.05, 0) is 99.9 Å². The Morgan fingerprint density at radius 1 is 1.26 bits per heavy atom. The van der Waals surface area contributed by atoms with E-state index >= 15 is 0 Å². The van der Waals surface area contributed by atoms with Gasteiger partial charge in [0.1, 0.15) is 11.7 Å². The highest BCUT2D eigenvalue weighted by atomic mass is 16.6. The highest BCUT2D eigenvalue weighted by Crippen LogP contribution is 2.65. The molecule has 1 heterocycles. The van der Waals surface area contributed by atoms with Gasteiger partial charge in [0.2, 0.25) is 0 Å². The molecule has 3 rings (SSSR count). The van der Waals surface area contributed by atoms with E-state index in [0.717, 1.165) is 30.6 Å². The standard InChI is InChI=1S/C30H53NO3/c1-11-15-29(8,9)22-14-16-30(10)23(20(22)3)17-25-26(30)21(4)24(33-25)13-12-19(2)18-31-27(32)34-28(5,6)7/h19-20,22-23,25-26H,11-18H2,1-10H3,(H,31,32)/t19-,20+,22-,23-,25-,26-,30-/m0/s1. The van der Waals surface area contributed by atoms with Crippen molar-refractivity contribution >= 4 is 6.09 Å². The van der Waals surface area contributed by atoms with E-state index in [2.05, 4.69) is 53.8 Å². The van der Waals surface area contributed by atoms with Crippen molar-refractivity contribution in [2.45, 2.75) is 126 Å². The van der Waals surface area contributed by atoms with Crippen molar-refractivity contribution in [3.05, 3.63) is 11.3 Å². The van der Waals surface area contributed by atoms with Gasteiger partial charge in [-0.1, -0.05) is 48.0 Å². The average molecular weight is 476 g/mol. The number of amides is 1. The summed E-state index contributed by atoms with van der Waals surface area (Å²) in [5, 5.41) is 2.92. The second-order valence-electron chi connectivity index (χ2n) is 13.9. The highest BCUT2D eigenvalue weighted by Gasteiger charge is 2.61. The topological polar surface area (TPSA) is 47.6 Å². The molecule has 4 heteroatoms. The van der Waals surface area contributed by atoms with Gasteiger partial charge in [0.05, 0.1) is 5.76 Å². The summed E-state index contributed by atoms with van der Waals surface area (Å²) in [7, 11) is 0. The normalized spacial score (nSPS) is 34.4. The summed E-state index contributed by atoms with van der Waals surface area (Å²) < 4.78 is 12.0. The maximum absolute atomic E-state index is 12.0. The lowest BCUT2D eigenvalue weighted by atomic mass is 9.53. The van der Waals surface area contributed by atoms with E-state index in [4.69, 9.17) is 9.47 Å². The van der Waals surface area contributed by atoms with Crippen LogP contribution in [0.25, 0.3) is 0 Å². The fourth-order valence-electron chi connectivity index (χ4n) is 8.06. The Balaban J connectivity index is 1.59. The van der Waals surface area contributed by atoms with Gasteiger partial charge in [-0.3, -0.25) is 0 Å². The molecule has 34 heavy (non-hydrogen) atoms. The van der Waals surface area contributed by atoms with Crippen LogP contribution in [0.1, 0.15) is 114 Å². The molecule has 0 saturated heterocycles. The number of carbonyl (C=O) groups is 1. The van der Waals surface area contributed by atoms with Crippen molar-refractivity contribution in [3.63, 3.8) is 0 Å². The monoisotopic (exact) mass is 475 g/mol. The number of carbonyl (C=O) groups excluding carboxylic acids is 1. The smallest absolute Gasteiger partial charge is 0.407 e. The summed E-state index contributed by atoms with van der Waals surface area (Å²) in [6, 6.07) is 0. The summed E-state index contributed by atoms with van der Waals surface area (Å²) in [4.78, 5) is 12.0. The van der Waals surface area contributed by atoms with Gasteiger partial charge in [0, 0.05) is 18.9 Å². The first-order valence-corrected chi connectivity index (χ1v) is 14.0. The Bertz CT molecular complexity index is 764. The minimum atomic E-state index is -0.457. The summed E-state index contributed by atoms with van der Waals surface area (Å²) in [6.07, 6.45) is 8.57. The van der Waals surface area contributed by atoms with Crippen LogP contribution in [-0.2, 0) is 9.47 Å². The van der Waals surface area contributed by atoms with Gasteiger partial charge < -0.3 is 14.8 Å². The summed E-state index contributed by atoms with van der Waals surface area (Å²) in [6.45, 7) is 23.3. The van der Waals surface area contributed by atoms with Crippen molar-refractivity contribution in [1.29, 1.82) is 0 Å². The first kappa shape index (κ1) is 27.4. The second kappa shape index (κ2) is 10.1. The Morgan fingerprint density at radius 3 is 2.56 bits per heavy atom. The molecule has 7 atom stereocenters. The van der Waals surface area contributed by atoms with Crippen LogP contribution in [0.15, 0.2) is 11.3 Å². The van der Waals surface area contributed by atoms with E-state index in [-0.39, 0.29) is 6.09 Å². The first-order chi connectivity index (χ1) is 15.7. The molecule has 0 radical (unpaired) electrons. The number of hydrogen-bond donors (Lipinski definition) is 1. The van der Waals surface area contributed by atoms with Crippen LogP contribution in [0.5, 0.6) is 0 Å². The Morgan fingerprint density at radius 2 is 1.94 bits per heavy atom. The zero-order chi connectivity index (χ0) is 25.5. The molecule has 0 spiro atoms. The fourth-order valence-corrected chi connectivity index (χ4v) is 8.06. The molecule has 1 amide bonds. The third kappa shape index (κ3) is 5.62. The van der Waals surface area contributed by atoms with Crippen LogP contribution in [0.3, 0.4) is 0 Å². The molecule has 196 valence electrons. The lowest BCUT2D eigenvalue weighted by Gasteiger charge is -2.52. The predicted octanol–water partition coefficient (Wildman–Crippen LogP) is 8.12. The maximum atomic E-state index is 12.0. The Labute approximate surface area is 210 Å². The molecule has 0 bridgehead atoms. The van der Waals surface area contributed by atoms with Crippen LogP contribution in [0, 0.1) is 40.4 Å². The number of allylic oxidation sites excluding steroid dienone is 1. The van der Waals surface area contributed by atoms with E-state index in [1.807, 2.05) is 20.8 Å². The largest absolute Gasteiger partial charge is 0.494 e. The van der Waals surface area contributed by atoms with E-state index < -0.39 is 5.60 Å². The molecular formula is C30H53NO3. The quantitative estimate of drug-likeness (QED) is 0.385. The van der Waals surface area contributed by atoms with Crippen molar-refractivity contribution < 1.29 is 14.3 Å². The van der Waals surface area contributed by atoms with Crippen molar-refractivity contribution in [2.24, 2.45) is 40.4 Å². The van der Waals surface area contributed by atoms with Crippen LogP contribution in [0.2, 0.25) is 0 Å². The molecule has 0 unspecified atom stereocenters. The summed E-state index contributed by atoms with van der Waals surface area (Å²) in [5.74, 6) is 4.57. The van der Waals surface area contributed by atoms with Crippen molar-refractivity contribution in [2.75, 3.05) is 6.54 Å². The fraction of sp³-hybridized carbons (Fsp3) is 0.900. The minimum Gasteiger partial charge on any atom is -0.494 e. The number of ether oxygens (including phenoxy) is 2. The summed E-state index contributed by atoms with van der Waals surface area (Å²) >= 11 is 0. The minimum absolute atomic E-state index is 0.327. The van der Waals surface area contributed by atoms with Crippen LogP contribution >= 0.6 is 0 Å². The van der Waals surface area contributed by atoms with E-state index in [9.17, 15) is 4.79 Å². The number of fused-ring (bicyclic) bond motifs is 3. The van der Waals surface area contributed by atoms with Gasteiger partial charge >= 0.3 is 6.09 Å². The lowest BCUT2D eigenvalue weighted by Crippen LogP contribution is -2.45. The second-order valence-corrected chi connectivity index (χ2v) is 13.9. The Kier molecular flexibility index (Phi) is 8.10. The maximum Gasteiger partial charge on any atom is 0.407 e. The zero-order valence-corrected chi connectivity index (χ0v) is 23.8. The first-order valence-electron chi connectivity index (χ1n) is 14.0. The third-order valence-corrected chi connectivity index (χ3v) is 9.63. The van der Waals surface area contributed by atoms with Gasteiger partial charge in [0.25, 0.3) is 0 Å². The van der Waals surface area contributed by atoms with E-state index in [1.54, 1.807) is 0 Å². The Hall–Kier alpha value is -1.19. The molecule has 0 aromatic carbocycles. The zero-order valence-electron chi connectivity index (χ0n) is 23.8. The van der Waals surface area contributed by atoms with E-state index in [0.29, 0.717) is 35.3 Å².